The molecule has 0 amide bonds. The fraction of sp³-hybridized carbons (Fsp3) is 0.476. The van der Waals surface area contributed by atoms with E-state index in [2.05, 4.69) is 20.4 Å². The molecule has 0 unspecified atom stereocenters. The molecule has 4 rings (SSSR count). The van der Waals surface area contributed by atoms with Gasteiger partial charge in [-0.05, 0) is 70.6 Å². The zero-order valence-corrected chi connectivity index (χ0v) is 17.6. The Bertz CT molecular complexity index is 971. The van der Waals surface area contributed by atoms with Crippen molar-refractivity contribution < 1.29 is 15.0 Å². The summed E-state index contributed by atoms with van der Waals surface area (Å²) in [5.74, 6) is 1.13. The van der Waals surface area contributed by atoms with Crippen LogP contribution < -0.4 is 15.7 Å². The Morgan fingerprint density at radius 2 is 1.93 bits per heavy atom. The Kier molecular flexibility index (Phi) is 5.42. The summed E-state index contributed by atoms with van der Waals surface area (Å²) in [4.78, 5) is 8.60. The number of aromatic nitrogens is 2. The minimum atomic E-state index is -0.647. The smallest absolute Gasteiger partial charge is 0.373 e. The van der Waals surface area contributed by atoms with Crippen LogP contribution in [-0.2, 0) is 5.41 Å². The number of nitrogens with zero attached hydrogens (tertiary/aromatic N) is 3. The highest BCUT2D eigenvalue weighted by Gasteiger charge is 2.40. The first kappa shape index (κ1) is 20.6. The molecule has 0 saturated heterocycles. The fourth-order valence-electron chi connectivity index (χ4n) is 4.73. The summed E-state index contributed by atoms with van der Waals surface area (Å²) in [6.45, 7) is 5.65. The van der Waals surface area contributed by atoms with E-state index in [0.717, 1.165) is 53.8 Å². The molecule has 1 aromatic carbocycles. The van der Waals surface area contributed by atoms with E-state index in [0.29, 0.717) is 17.6 Å². The molecule has 0 aliphatic heterocycles. The van der Waals surface area contributed by atoms with Crippen molar-refractivity contribution in [3.63, 3.8) is 0 Å². The second-order valence-electron chi connectivity index (χ2n) is 8.70. The number of ether oxygens (including phenoxy) is 1. The van der Waals surface area contributed by atoms with E-state index in [4.69, 9.17) is 10.5 Å². The number of nitrogen functional groups attached to an aromatic ring is 1. The maximum atomic E-state index is 9.84. The molecule has 9 heteroatoms. The third-order valence-electron chi connectivity index (χ3n) is 6.15. The summed E-state index contributed by atoms with van der Waals surface area (Å²) in [5, 5.41) is 26.1. The van der Waals surface area contributed by atoms with E-state index in [1.165, 1.54) is 6.33 Å². The van der Waals surface area contributed by atoms with Crippen molar-refractivity contribution in [2.75, 3.05) is 5.73 Å². The number of fused-ring (bicyclic) bond motifs is 3. The van der Waals surface area contributed by atoms with Gasteiger partial charge in [0, 0.05) is 22.1 Å². The van der Waals surface area contributed by atoms with Gasteiger partial charge in [0.15, 0.2) is 0 Å². The monoisotopic (exact) mass is 409 g/mol. The topological polar surface area (TPSA) is 126 Å². The van der Waals surface area contributed by atoms with Crippen LogP contribution in [0.5, 0.6) is 5.75 Å². The Morgan fingerprint density at radius 1 is 1.20 bits per heavy atom. The van der Waals surface area contributed by atoms with Gasteiger partial charge in [0.25, 0.3) is 0 Å². The number of rotatable bonds is 4. The van der Waals surface area contributed by atoms with Crippen LogP contribution in [0.25, 0.3) is 11.3 Å². The average Bonchev–Trinajstić information content (AvgIpc) is 2.69. The van der Waals surface area contributed by atoms with Crippen molar-refractivity contribution in [2.45, 2.75) is 63.9 Å². The highest BCUT2D eigenvalue weighted by molar-refractivity contribution is 6.45. The summed E-state index contributed by atoms with van der Waals surface area (Å²) in [6, 6.07) is 6.11. The molecule has 2 aliphatic rings. The molecule has 1 fully saturated rings. The molecule has 0 radical (unpaired) electrons. The second-order valence-corrected chi connectivity index (χ2v) is 8.70. The molecule has 2 aromatic rings. The van der Waals surface area contributed by atoms with Gasteiger partial charge in [-0.3, -0.25) is 0 Å². The molecular weight excluding hydrogens is 381 g/mol. The number of nitrogens with two attached hydrogens (primary N) is 1. The summed E-state index contributed by atoms with van der Waals surface area (Å²) in [6.07, 6.45) is 5.33. The van der Waals surface area contributed by atoms with Crippen molar-refractivity contribution in [2.24, 2.45) is 5.16 Å². The predicted molar refractivity (Wildman–Crippen MR) is 117 cm³/mol. The van der Waals surface area contributed by atoms with Crippen molar-refractivity contribution in [1.29, 1.82) is 0 Å². The van der Waals surface area contributed by atoms with Gasteiger partial charge in [-0.2, -0.15) is 0 Å². The molecule has 2 aliphatic carbocycles. The van der Waals surface area contributed by atoms with E-state index < -0.39 is 12.5 Å². The van der Waals surface area contributed by atoms with Crippen molar-refractivity contribution in [3.05, 3.63) is 35.7 Å². The summed E-state index contributed by atoms with van der Waals surface area (Å²) in [7, 11) is -0.492. The molecule has 0 atom stereocenters. The first-order valence-electron chi connectivity index (χ1n) is 10.4. The predicted octanol–water partition coefficient (Wildman–Crippen LogP) is 2.59. The maximum Gasteiger partial charge on any atom is 0.373 e. The van der Waals surface area contributed by atoms with Gasteiger partial charge in [-0.15, -0.1) is 0 Å². The van der Waals surface area contributed by atoms with Gasteiger partial charge in [-0.1, -0.05) is 5.16 Å². The minimum Gasteiger partial charge on any atom is -0.490 e. The van der Waals surface area contributed by atoms with Crippen LogP contribution in [0.3, 0.4) is 0 Å². The molecule has 8 nitrogen and oxygen atoms in total. The summed E-state index contributed by atoms with van der Waals surface area (Å²) in [5.41, 5.74) is 9.18. The lowest BCUT2D eigenvalue weighted by molar-refractivity contribution is 0.143. The van der Waals surface area contributed by atoms with Crippen LogP contribution in [0.15, 0.2) is 29.7 Å². The van der Waals surface area contributed by atoms with E-state index >= 15 is 0 Å². The third-order valence-corrected chi connectivity index (χ3v) is 6.15. The van der Waals surface area contributed by atoms with E-state index in [1.807, 2.05) is 32.0 Å². The zero-order valence-electron chi connectivity index (χ0n) is 17.6. The van der Waals surface area contributed by atoms with Gasteiger partial charge in [0.1, 0.15) is 17.9 Å². The maximum absolute atomic E-state index is 9.84. The molecule has 1 aromatic heterocycles. The molecule has 1 saturated carbocycles. The van der Waals surface area contributed by atoms with Crippen LogP contribution in [0.2, 0.25) is 6.82 Å². The van der Waals surface area contributed by atoms with Gasteiger partial charge in [0.2, 0.25) is 0 Å². The lowest BCUT2D eigenvalue weighted by atomic mass is 9.70. The van der Waals surface area contributed by atoms with Crippen molar-refractivity contribution >= 4 is 18.6 Å². The number of hydrogen-bond donors (Lipinski definition) is 4. The van der Waals surface area contributed by atoms with E-state index in [-0.39, 0.29) is 6.10 Å². The SMILES string of the molecule is CB(O)N[C@H]1CC[C@H](Oc2ccc3c(c2)/C(=N\O)C(C)(C)c2c(N)ncnc2-3)CC1. The van der Waals surface area contributed by atoms with E-state index in [9.17, 15) is 10.2 Å². The standard InChI is InChI=1S/C21H28BN5O3/c1-21(2)17-18(24-11-25-20(17)23)15-9-8-14(10-16(15)19(21)27-29)30-13-6-4-12(5-7-13)26-22(3)28/h8-13,26,28-29H,4-7H2,1-3H3,(H2,23,24,25)/b27-19+/t12-,13-. The Hall–Kier alpha value is -2.65. The fourth-order valence-corrected chi connectivity index (χ4v) is 4.73. The first-order chi connectivity index (χ1) is 14.3. The van der Waals surface area contributed by atoms with Crippen LogP contribution in [0.1, 0.15) is 50.7 Å². The van der Waals surface area contributed by atoms with Gasteiger partial charge < -0.3 is 25.9 Å². The van der Waals surface area contributed by atoms with Crippen LogP contribution >= 0.6 is 0 Å². The molecule has 1 heterocycles. The Morgan fingerprint density at radius 3 is 2.60 bits per heavy atom. The van der Waals surface area contributed by atoms with Gasteiger partial charge >= 0.3 is 7.05 Å². The lowest BCUT2D eigenvalue weighted by Crippen LogP contribution is -2.43. The average molecular weight is 409 g/mol. The Labute approximate surface area is 176 Å². The summed E-state index contributed by atoms with van der Waals surface area (Å²) >= 11 is 0. The van der Waals surface area contributed by atoms with Crippen LogP contribution in [0.4, 0.5) is 5.82 Å². The molecule has 0 bridgehead atoms. The number of oxime groups is 1. The number of nitrogens with one attached hydrogen (secondary N) is 1. The first-order valence-corrected chi connectivity index (χ1v) is 10.4. The molecule has 158 valence electrons. The Balaban J connectivity index is 1.61. The van der Waals surface area contributed by atoms with Crippen molar-refractivity contribution in [3.8, 4) is 17.0 Å². The highest BCUT2D eigenvalue weighted by Crippen LogP contribution is 2.45. The minimum absolute atomic E-state index is 0.117. The lowest BCUT2D eigenvalue weighted by Gasteiger charge is -2.35. The second kappa shape index (κ2) is 7.88. The molecule has 0 spiro atoms. The van der Waals surface area contributed by atoms with Gasteiger partial charge in [0.05, 0.1) is 17.5 Å². The normalized spacial score (nSPS) is 23.5. The quantitative estimate of drug-likeness (QED) is 0.347. The van der Waals surface area contributed by atoms with Crippen LogP contribution in [-0.4, -0.2) is 45.1 Å². The van der Waals surface area contributed by atoms with Crippen molar-refractivity contribution in [1.82, 2.24) is 15.2 Å². The number of hydrogen-bond acceptors (Lipinski definition) is 8. The third kappa shape index (κ3) is 3.63. The van der Waals surface area contributed by atoms with E-state index in [1.54, 1.807) is 6.82 Å². The van der Waals surface area contributed by atoms with Crippen LogP contribution in [0, 0.1) is 0 Å². The molecule has 5 N–H and O–H groups in total. The number of benzene rings is 1. The van der Waals surface area contributed by atoms with Gasteiger partial charge in [-0.25, -0.2) is 9.97 Å². The summed E-state index contributed by atoms with van der Waals surface area (Å²) < 4.78 is 6.26. The molecular formula is C21H28BN5O3. The largest absolute Gasteiger partial charge is 0.490 e. The molecule has 30 heavy (non-hydrogen) atoms. The highest BCUT2D eigenvalue weighted by atomic mass is 16.5. The number of anilines is 1. The zero-order chi connectivity index (χ0) is 21.5.